The van der Waals surface area contributed by atoms with Crippen LogP contribution in [0.2, 0.25) is 10.2 Å². The number of fused-ring (bicyclic) bond motifs is 1. The summed E-state index contributed by atoms with van der Waals surface area (Å²) in [5, 5.41) is 22.9. The molecule has 2 aromatic heterocycles. The molecule has 0 bridgehead atoms. The van der Waals surface area contributed by atoms with Crippen molar-refractivity contribution in [1.82, 2.24) is 14.5 Å². The molecular weight excluding hydrogens is 375 g/mol. The van der Waals surface area contributed by atoms with Crippen molar-refractivity contribution in [2.75, 3.05) is 0 Å². The molecule has 4 rings (SSSR count). The van der Waals surface area contributed by atoms with E-state index >= 15 is 0 Å². The number of aromatic nitrogens is 3. The summed E-state index contributed by atoms with van der Waals surface area (Å²) < 4.78 is 1.84. The average molecular weight is 393 g/mol. The molecule has 1 aromatic carbocycles. The van der Waals surface area contributed by atoms with E-state index in [1.54, 1.807) is 12.1 Å². The Bertz CT molecular complexity index is 931. The van der Waals surface area contributed by atoms with E-state index < -0.39 is 18.2 Å². The lowest BCUT2D eigenvalue weighted by molar-refractivity contribution is 0.00222. The van der Waals surface area contributed by atoms with Crippen LogP contribution in [0.25, 0.3) is 11.0 Å². The van der Waals surface area contributed by atoms with Gasteiger partial charge in [0.15, 0.2) is 0 Å². The molecule has 1 aliphatic rings. The smallest absolute Gasteiger partial charge is 0.145 e. The maximum atomic E-state index is 10.6. The fraction of sp³-hybridized carbons (Fsp3) is 0.333. The molecule has 0 aliphatic heterocycles. The van der Waals surface area contributed by atoms with Gasteiger partial charge in [-0.15, -0.1) is 0 Å². The van der Waals surface area contributed by atoms with E-state index in [4.69, 9.17) is 28.9 Å². The van der Waals surface area contributed by atoms with Gasteiger partial charge in [0.25, 0.3) is 0 Å². The standard InChI is InChI=1S/C18H18Cl2N4O2/c19-10-3-1-9(2-4-10)14(21)12-7-13(16(26)15(12)25)24-6-5-11-17(20)22-8-23-18(11)24/h1-6,8,12-16,25-26H,7,21H2/t12-,13-,14-,15-,16+/m1/s1. The molecule has 3 aromatic rings. The van der Waals surface area contributed by atoms with Gasteiger partial charge >= 0.3 is 0 Å². The van der Waals surface area contributed by atoms with Crippen LogP contribution in [0.4, 0.5) is 0 Å². The van der Waals surface area contributed by atoms with Gasteiger partial charge in [-0.25, -0.2) is 9.97 Å². The molecular formula is C18H18Cl2N4O2. The van der Waals surface area contributed by atoms with Crippen molar-refractivity contribution < 1.29 is 10.2 Å². The Morgan fingerprint density at radius 3 is 2.54 bits per heavy atom. The van der Waals surface area contributed by atoms with Crippen LogP contribution in [-0.2, 0) is 0 Å². The second-order valence-corrected chi connectivity index (χ2v) is 7.44. The lowest BCUT2D eigenvalue weighted by Gasteiger charge is -2.23. The van der Waals surface area contributed by atoms with E-state index in [1.807, 2.05) is 29.0 Å². The van der Waals surface area contributed by atoms with Crippen molar-refractivity contribution >= 4 is 34.2 Å². The van der Waals surface area contributed by atoms with Crippen molar-refractivity contribution in [3.63, 3.8) is 0 Å². The van der Waals surface area contributed by atoms with E-state index in [9.17, 15) is 10.2 Å². The zero-order valence-corrected chi connectivity index (χ0v) is 15.2. The quantitative estimate of drug-likeness (QED) is 0.595. The topological polar surface area (TPSA) is 97.2 Å². The summed E-state index contributed by atoms with van der Waals surface area (Å²) in [5.74, 6) is -0.300. The predicted octanol–water partition coefficient (Wildman–Crippen LogP) is 2.72. The first-order chi connectivity index (χ1) is 12.5. The number of aliphatic hydroxyl groups is 2. The lowest BCUT2D eigenvalue weighted by atomic mass is 9.90. The Morgan fingerprint density at radius 2 is 1.81 bits per heavy atom. The third-order valence-corrected chi connectivity index (χ3v) is 5.78. The molecule has 0 spiro atoms. The van der Waals surface area contributed by atoms with Crippen LogP contribution in [0.15, 0.2) is 42.9 Å². The SMILES string of the molecule is N[C@H](c1ccc(Cl)cc1)[C@H]1C[C@@H](n2ccc3c(Cl)ncnc32)[C@H](O)[C@@H]1O. The predicted molar refractivity (Wildman–Crippen MR) is 100 cm³/mol. The minimum Gasteiger partial charge on any atom is -0.390 e. The summed E-state index contributed by atoms with van der Waals surface area (Å²) in [5.41, 5.74) is 7.88. The Hall–Kier alpha value is -1.70. The second-order valence-electron chi connectivity index (χ2n) is 6.65. The van der Waals surface area contributed by atoms with Crippen molar-refractivity contribution in [3.8, 4) is 0 Å². The second kappa shape index (κ2) is 6.79. The largest absolute Gasteiger partial charge is 0.390 e. The summed E-state index contributed by atoms with van der Waals surface area (Å²) >= 11 is 12.0. The summed E-state index contributed by atoms with van der Waals surface area (Å²) in [4.78, 5) is 8.24. The molecule has 2 heterocycles. The first-order valence-electron chi connectivity index (χ1n) is 8.31. The molecule has 1 fully saturated rings. The molecule has 5 atom stereocenters. The van der Waals surface area contributed by atoms with Crippen LogP contribution in [0, 0.1) is 5.92 Å². The summed E-state index contributed by atoms with van der Waals surface area (Å²) in [6, 6.07) is 8.27. The third-order valence-electron chi connectivity index (χ3n) is 5.23. The first kappa shape index (κ1) is 17.7. The number of aliphatic hydroxyl groups excluding tert-OH is 2. The van der Waals surface area contributed by atoms with Crippen LogP contribution in [0.1, 0.15) is 24.1 Å². The van der Waals surface area contributed by atoms with Gasteiger partial charge in [-0.2, -0.15) is 0 Å². The van der Waals surface area contributed by atoms with Crippen molar-refractivity contribution in [1.29, 1.82) is 0 Å². The van der Waals surface area contributed by atoms with E-state index in [0.29, 0.717) is 27.6 Å². The van der Waals surface area contributed by atoms with Crippen molar-refractivity contribution in [3.05, 3.63) is 58.6 Å². The fourth-order valence-corrected chi connectivity index (χ4v) is 4.13. The highest BCUT2D eigenvalue weighted by atomic mass is 35.5. The number of nitrogens with two attached hydrogens (primary N) is 1. The number of halogens is 2. The maximum Gasteiger partial charge on any atom is 0.145 e. The van der Waals surface area contributed by atoms with Gasteiger partial charge < -0.3 is 20.5 Å². The Labute approximate surface area is 160 Å². The molecule has 1 saturated carbocycles. The highest BCUT2D eigenvalue weighted by Crippen LogP contribution is 2.42. The van der Waals surface area contributed by atoms with Crippen LogP contribution in [0.5, 0.6) is 0 Å². The summed E-state index contributed by atoms with van der Waals surface area (Å²) in [6.07, 6.45) is 1.80. The van der Waals surface area contributed by atoms with Crippen LogP contribution in [-0.4, -0.2) is 37.0 Å². The number of benzene rings is 1. The molecule has 26 heavy (non-hydrogen) atoms. The molecule has 6 nitrogen and oxygen atoms in total. The zero-order valence-electron chi connectivity index (χ0n) is 13.7. The van der Waals surface area contributed by atoms with Crippen molar-refractivity contribution in [2.24, 2.45) is 11.7 Å². The molecule has 0 unspecified atom stereocenters. The molecule has 8 heteroatoms. The molecule has 0 amide bonds. The van der Waals surface area contributed by atoms with Gasteiger partial charge in [0, 0.05) is 23.2 Å². The summed E-state index contributed by atoms with van der Waals surface area (Å²) in [7, 11) is 0. The highest BCUT2D eigenvalue weighted by Gasteiger charge is 2.45. The highest BCUT2D eigenvalue weighted by molar-refractivity contribution is 6.33. The molecule has 136 valence electrons. The van der Waals surface area contributed by atoms with Gasteiger partial charge in [0.05, 0.1) is 17.5 Å². The molecule has 0 saturated heterocycles. The molecule has 0 radical (unpaired) electrons. The fourth-order valence-electron chi connectivity index (χ4n) is 3.82. The van der Waals surface area contributed by atoms with E-state index in [1.165, 1.54) is 6.33 Å². The first-order valence-corrected chi connectivity index (χ1v) is 9.07. The van der Waals surface area contributed by atoms with Gasteiger partial charge in [0.1, 0.15) is 23.2 Å². The van der Waals surface area contributed by atoms with Crippen molar-refractivity contribution in [2.45, 2.75) is 30.7 Å². The monoisotopic (exact) mass is 392 g/mol. The lowest BCUT2D eigenvalue weighted by Crippen LogP contribution is -2.33. The number of rotatable bonds is 3. The van der Waals surface area contributed by atoms with Crippen LogP contribution in [0.3, 0.4) is 0 Å². The Balaban J connectivity index is 1.65. The number of hydrogen-bond donors (Lipinski definition) is 3. The van der Waals surface area contributed by atoms with Gasteiger partial charge in [-0.3, -0.25) is 0 Å². The van der Waals surface area contributed by atoms with Crippen LogP contribution < -0.4 is 5.73 Å². The van der Waals surface area contributed by atoms with E-state index in [2.05, 4.69) is 9.97 Å². The third kappa shape index (κ3) is 2.88. The zero-order chi connectivity index (χ0) is 18.4. The van der Waals surface area contributed by atoms with E-state index in [-0.39, 0.29) is 12.0 Å². The minimum absolute atomic E-state index is 0.300. The van der Waals surface area contributed by atoms with Gasteiger partial charge in [-0.05, 0) is 30.2 Å². The molecule has 4 N–H and O–H groups in total. The number of hydrogen-bond acceptors (Lipinski definition) is 5. The van der Waals surface area contributed by atoms with Gasteiger partial charge in [-0.1, -0.05) is 35.3 Å². The number of nitrogens with zero attached hydrogens (tertiary/aromatic N) is 3. The van der Waals surface area contributed by atoms with Gasteiger partial charge in [0.2, 0.25) is 0 Å². The van der Waals surface area contributed by atoms with Crippen LogP contribution >= 0.6 is 23.2 Å². The normalized spacial score (nSPS) is 27.1. The summed E-state index contributed by atoms with van der Waals surface area (Å²) in [6.45, 7) is 0. The Kier molecular flexibility index (Phi) is 4.62. The Morgan fingerprint density at radius 1 is 1.08 bits per heavy atom. The molecule has 1 aliphatic carbocycles. The average Bonchev–Trinajstić information content (AvgIpc) is 3.18. The van der Waals surface area contributed by atoms with E-state index in [0.717, 1.165) is 5.56 Å². The minimum atomic E-state index is -0.956. The maximum absolute atomic E-state index is 10.6.